The van der Waals surface area contributed by atoms with E-state index in [1.807, 2.05) is 20.9 Å². The first-order valence-electron chi connectivity index (χ1n) is 5.48. The maximum atomic E-state index is 12.0. The van der Waals surface area contributed by atoms with Gasteiger partial charge in [0.2, 0.25) is 0 Å². The highest BCUT2D eigenvalue weighted by atomic mass is 35.5. The Morgan fingerprint density at radius 2 is 2.31 bits per heavy atom. The first kappa shape index (κ1) is 13.2. The fourth-order valence-electron chi connectivity index (χ4n) is 1.54. The third kappa shape index (κ3) is 3.06. The molecule has 1 heterocycles. The van der Waals surface area contributed by atoms with Crippen LogP contribution in [-0.4, -0.2) is 29.2 Å². The third-order valence-corrected chi connectivity index (χ3v) is 2.61. The van der Waals surface area contributed by atoms with Crippen LogP contribution in [0.2, 0.25) is 5.02 Å². The lowest BCUT2D eigenvalue weighted by Gasteiger charge is -2.10. The molecule has 0 aliphatic heterocycles. The van der Waals surface area contributed by atoms with Crippen LogP contribution in [0.1, 0.15) is 43.2 Å². The lowest BCUT2D eigenvalue weighted by Crippen LogP contribution is -2.15. The molecule has 0 radical (unpaired) electrons. The van der Waals surface area contributed by atoms with Crippen LogP contribution >= 0.6 is 11.6 Å². The molecule has 0 amide bonds. The van der Waals surface area contributed by atoms with Crippen molar-refractivity contribution in [3.63, 3.8) is 0 Å². The van der Waals surface area contributed by atoms with Gasteiger partial charge in [0.25, 0.3) is 0 Å². The van der Waals surface area contributed by atoms with Crippen LogP contribution in [0, 0.1) is 0 Å². The van der Waals surface area contributed by atoms with Crippen molar-refractivity contribution in [2.45, 2.75) is 32.7 Å². The van der Waals surface area contributed by atoms with E-state index in [9.17, 15) is 4.79 Å². The van der Waals surface area contributed by atoms with E-state index < -0.39 is 0 Å². The summed E-state index contributed by atoms with van der Waals surface area (Å²) in [7, 11) is 1.87. The highest BCUT2D eigenvalue weighted by Gasteiger charge is 2.18. The maximum Gasteiger partial charge on any atom is 0.182 e. The molecule has 0 fully saturated rings. The van der Waals surface area contributed by atoms with Gasteiger partial charge in [-0.1, -0.05) is 11.6 Å². The summed E-state index contributed by atoms with van der Waals surface area (Å²) >= 11 is 5.98. The first-order chi connectivity index (χ1) is 7.57. The van der Waals surface area contributed by atoms with Gasteiger partial charge in [-0.25, -0.2) is 0 Å². The zero-order valence-electron chi connectivity index (χ0n) is 9.96. The second-order valence-electron chi connectivity index (χ2n) is 4.01. The van der Waals surface area contributed by atoms with Gasteiger partial charge in [0, 0.05) is 12.5 Å². The van der Waals surface area contributed by atoms with Gasteiger partial charge in [-0.05, 0) is 33.9 Å². The normalized spacial score (nSPS) is 11.1. The topological polar surface area (TPSA) is 46.9 Å². The monoisotopic (exact) mass is 243 g/mol. The second-order valence-corrected chi connectivity index (χ2v) is 4.42. The Morgan fingerprint density at radius 1 is 1.62 bits per heavy atom. The van der Waals surface area contributed by atoms with E-state index in [1.165, 1.54) is 6.20 Å². The summed E-state index contributed by atoms with van der Waals surface area (Å²) in [6.07, 6.45) is 2.85. The molecule has 4 nitrogen and oxygen atoms in total. The first-order valence-corrected chi connectivity index (χ1v) is 5.86. The van der Waals surface area contributed by atoms with Crippen LogP contribution in [0.5, 0.6) is 0 Å². The molecule has 0 atom stereocenters. The van der Waals surface area contributed by atoms with E-state index in [2.05, 4.69) is 10.4 Å². The van der Waals surface area contributed by atoms with E-state index in [4.69, 9.17) is 11.6 Å². The van der Waals surface area contributed by atoms with Gasteiger partial charge in [-0.3, -0.25) is 9.48 Å². The Bertz CT molecular complexity index is 360. The Balaban J connectivity index is 2.77. The molecule has 1 rings (SSSR count). The predicted octanol–water partition coefficient (Wildman–Crippen LogP) is 2.30. The largest absolute Gasteiger partial charge is 0.320 e. The molecule has 5 heteroatoms. The lowest BCUT2D eigenvalue weighted by atomic mass is 10.1. The van der Waals surface area contributed by atoms with Gasteiger partial charge in [0.05, 0.1) is 11.2 Å². The molecule has 0 unspecified atom stereocenters. The molecule has 0 aliphatic rings. The summed E-state index contributed by atoms with van der Waals surface area (Å²) in [5.74, 6) is 0.0615. The Kier molecular flexibility index (Phi) is 4.96. The van der Waals surface area contributed by atoms with E-state index in [0.717, 1.165) is 13.0 Å². The van der Waals surface area contributed by atoms with Crippen LogP contribution in [0.4, 0.5) is 0 Å². The summed E-state index contributed by atoms with van der Waals surface area (Å²) in [6, 6.07) is 0.149. The maximum absolute atomic E-state index is 12.0. The van der Waals surface area contributed by atoms with Crippen molar-refractivity contribution < 1.29 is 4.79 Å². The number of carbonyl (C=O) groups excluding carboxylic acids is 1. The molecular formula is C11H18ClN3O. The van der Waals surface area contributed by atoms with Crippen LogP contribution in [0.3, 0.4) is 0 Å². The van der Waals surface area contributed by atoms with Gasteiger partial charge in [-0.2, -0.15) is 5.10 Å². The van der Waals surface area contributed by atoms with Crippen molar-refractivity contribution in [2.75, 3.05) is 13.6 Å². The van der Waals surface area contributed by atoms with Crippen molar-refractivity contribution >= 4 is 17.4 Å². The number of nitrogens with one attached hydrogen (secondary N) is 1. The highest BCUT2D eigenvalue weighted by Crippen LogP contribution is 2.20. The molecule has 1 aromatic rings. The number of aromatic nitrogens is 2. The van der Waals surface area contributed by atoms with Gasteiger partial charge in [0.1, 0.15) is 5.69 Å². The minimum atomic E-state index is 0.0615. The Morgan fingerprint density at radius 3 is 2.88 bits per heavy atom. The molecule has 0 spiro atoms. The molecule has 0 bridgehead atoms. The van der Waals surface area contributed by atoms with Crippen LogP contribution in [0.15, 0.2) is 6.20 Å². The van der Waals surface area contributed by atoms with Crippen molar-refractivity contribution in [1.29, 1.82) is 0 Å². The van der Waals surface area contributed by atoms with Crippen molar-refractivity contribution in [3.8, 4) is 0 Å². The zero-order chi connectivity index (χ0) is 12.1. The SMILES string of the molecule is CNCCCC(=O)c1c(Cl)cnn1C(C)C. The predicted molar refractivity (Wildman–Crippen MR) is 65.1 cm³/mol. The van der Waals surface area contributed by atoms with Crippen molar-refractivity contribution in [1.82, 2.24) is 15.1 Å². The summed E-state index contributed by atoms with van der Waals surface area (Å²) in [6.45, 7) is 4.79. The van der Waals surface area contributed by atoms with Crippen LogP contribution in [-0.2, 0) is 0 Å². The summed E-state index contributed by atoms with van der Waals surface area (Å²) in [4.78, 5) is 12.0. The average Bonchev–Trinajstić information content (AvgIpc) is 2.60. The molecule has 16 heavy (non-hydrogen) atoms. The van der Waals surface area contributed by atoms with Gasteiger partial charge in [-0.15, -0.1) is 0 Å². The van der Waals surface area contributed by atoms with Gasteiger partial charge < -0.3 is 5.32 Å². The fraction of sp³-hybridized carbons (Fsp3) is 0.636. The number of nitrogens with zero attached hydrogens (tertiary/aromatic N) is 2. The Labute approximate surface area is 101 Å². The number of hydrogen-bond donors (Lipinski definition) is 1. The lowest BCUT2D eigenvalue weighted by molar-refractivity contribution is 0.0968. The molecule has 90 valence electrons. The molecule has 0 saturated heterocycles. The average molecular weight is 244 g/mol. The standard InChI is InChI=1S/C11H18ClN3O/c1-8(2)15-11(9(12)7-14-15)10(16)5-4-6-13-3/h7-8,13H,4-6H2,1-3H3. The summed E-state index contributed by atoms with van der Waals surface area (Å²) < 4.78 is 1.68. The van der Waals surface area contributed by atoms with Gasteiger partial charge in [0.15, 0.2) is 5.78 Å². The van der Waals surface area contributed by atoms with E-state index in [0.29, 0.717) is 17.1 Å². The van der Waals surface area contributed by atoms with Crippen LogP contribution in [0.25, 0.3) is 0 Å². The molecular weight excluding hydrogens is 226 g/mol. The number of ketones is 1. The fourth-order valence-corrected chi connectivity index (χ4v) is 1.77. The minimum Gasteiger partial charge on any atom is -0.320 e. The third-order valence-electron chi connectivity index (χ3n) is 2.33. The minimum absolute atomic E-state index is 0.0615. The summed E-state index contributed by atoms with van der Waals surface area (Å²) in [5.41, 5.74) is 0.535. The molecule has 0 aliphatic carbocycles. The quantitative estimate of drug-likeness (QED) is 0.616. The van der Waals surface area contributed by atoms with E-state index in [-0.39, 0.29) is 11.8 Å². The number of rotatable bonds is 6. The number of halogens is 1. The smallest absolute Gasteiger partial charge is 0.182 e. The van der Waals surface area contributed by atoms with Gasteiger partial charge >= 0.3 is 0 Å². The van der Waals surface area contributed by atoms with Crippen LogP contribution < -0.4 is 5.32 Å². The highest BCUT2D eigenvalue weighted by molar-refractivity contribution is 6.33. The number of hydrogen-bond acceptors (Lipinski definition) is 3. The molecule has 0 aromatic carbocycles. The number of carbonyl (C=O) groups is 1. The Hall–Kier alpha value is -0.870. The zero-order valence-corrected chi connectivity index (χ0v) is 10.7. The summed E-state index contributed by atoms with van der Waals surface area (Å²) in [5, 5.41) is 7.57. The van der Waals surface area contributed by atoms with Crippen molar-refractivity contribution in [2.24, 2.45) is 0 Å². The van der Waals surface area contributed by atoms with E-state index >= 15 is 0 Å². The van der Waals surface area contributed by atoms with Crippen molar-refractivity contribution in [3.05, 3.63) is 16.9 Å². The number of Topliss-reactive ketones (excluding diaryl/α,β-unsaturated/α-hetero) is 1. The molecule has 0 saturated carbocycles. The molecule has 1 aromatic heterocycles. The molecule has 1 N–H and O–H groups in total. The van der Waals surface area contributed by atoms with E-state index in [1.54, 1.807) is 4.68 Å². The second kappa shape index (κ2) is 6.01.